The zero-order valence-electron chi connectivity index (χ0n) is 11.2. The summed E-state index contributed by atoms with van der Waals surface area (Å²) in [5, 5.41) is 12.1. The number of aliphatic carboxylic acids is 1. The molecule has 2 aromatic rings. The molecule has 1 heterocycles. The van der Waals surface area contributed by atoms with Crippen LogP contribution in [-0.2, 0) is 4.79 Å². The van der Waals surface area contributed by atoms with E-state index in [4.69, 9.17) is 9.84 Å². The first kappa shape index (κ1) is 14.0. The summed E-state index contributed by atoms with van der Waals surface area (Å²) in [7, 11) is 0. The van der Waals surface area contributed by atoms with Gasteiger partial charge < -0.3 is 9.84 Å². The van der Waals surface area contributed by atoms with Crippen molar-refractivity contribution in [2.45, 2.75) is 11.4 Å². The number of carboxylic acids is 1. The molecule has 5 heteroatoms. The van der Waals surface area contributed by atoms with Gasteiger partial charge in [0.2, 0.25) is 0 Å². The van der Waals surface area contributed by atoms with Gasteiger partial charge >= 0.3 is 5.97 Å². The van der Waals surface area contributed by atoms with E-state index < -0.39 is 12.0 Å². The van der Waals surface area contributed by atoms with Crippen LogP contribution in [-0.4, -0.2) is 22.9 Å². The van der Waals surface area contributed by atoms with Crippen molar-refractivity contribution in [1.29, 1.82) is 0 Å². The molecule has 2 atom stereocenters. The smallest absolute Gasteiger partial charge is 0.321 e. The molecule has 108 valence electrons. The van der Waals surface area contributed by atoms with E-state index in [2.05, 4.69) is 5.32 Å². The Labute approximate surface area is 127 Å². The summed E-state index contributed by atoms with van der Waals surface area (Å²) >= 11 is 1.60. The van der Waals surface area contributed by atoms with E-state index in [1.807, 2.05) is 54.6 Å². The van der Waals surface area contributed by atoms with E-state index in [-0.39, 0.29) is 5.37 Å². The second-order valence-corrected chi connectivity index (χ2v) is 5.90. The van der Waals surface area contributed by atoms with Gasteiger partial charge in [-0.1, -0.05) is 30.3 Å². The Kier molecular flexibility index (Phi) is 4.13. The summed E-state index contributed by atoms with van der Waals surface area (Å²) < 4.78 is 5.80. The van der Waals surface area contributed by atoms with Crippen LogP contribution in [0.25, 0.3) is 0 Å². The van der Waals surface area contributed by atoms with Crippen LogP contribution in [0.3, 0.4) is 0 Å². The van der Waals surface area contributed by atoms with Crippen LogP contribution in [0.1, 0.15) is 10.9 Å². The third-order valence-corrected chi connectivity index (χ3v) is 4.49. The molecular formula is C16H15NO3S. The summed E-state index contributed by atoms with van der Waals surface area (Å²) in [5.41, 5.74) is 1.03. The average Bonchev–Trinajstić information content (AvgIpc) is 2.99. The van der Waals surface area contributed by atoms with Crippen molar-refractivity contribution in [3.8, 4) is 11.5 Å². The zero-order chi connectivity index (χ0) is 14.7. The molecule has 0 spiro atoms. The fraction of sp³-hybridized carbons (Fsp3) is 0.188. The highest BCUT2D eigenvalue weighted by molar-refractivity contribution is 7.99. The molecule has 0 aromatic heterocycles. The number of carbonyl (C=O) groups is 1. The fourth-order valence-electron chi connectivity index (χ4n) is 2.17. The first-order chi connectivity index (χ1) is 10.2. The molecule has 0 saturated carbocycles. The number of carboxylic acid groups (broad SMARTS) is 1. The largest absolute Gasteiger partial charge is 0.480 e. The number of hydrogen-bond donors (Lipinski definition) is 2. The Morgan fingerprint density at radius 3 is 2.62 bits per heavy atom. The normalized spacial score (nSPS) is 21.1. The SMILES string of the molecule is O=C(O)[C@@H]1CSC(c2cccc(Oc3ccccc3)c2)N1. The second kappa shape index (κ2) is 6.20. The fourth-order valence-corrected chi connectivity index (χ4v) is 3.40. The van der Waals surface area contributed by atoms with Gasteiger partial charge in [0, 0.05) is 5.75 Å². The lowest BCUT2D eigenvalue weighted by atomic mass is 10.2. The van der Waals surface area contributed by atoms with Gasteiger partial charge in [0.15, 0.2) is 0 Å². The lowest BCUT2D eigenvalue weighted by Gasteiger charge is -2.13. The average molecular weight is 301 g/mol. The van der Waals surface area contributed by atoms with E-state index in [1.165, 1.54) is 0 Å². The van der Waals surface area contributed by atoms with Crippen molar-refractivity contribution >= 4 is 17.7 Å². The minimum absolute atomic E-state index is 0.00887. The number of para-hydroxylation sites is 1. The van der Waals surface area contributed by atoms with E-state index >= 15 is 0 Å². The van der Waals surface area contributed by atoms with E-state index in [1.54, 1.807) is 11.8 Å². The molecule has 0 bridgehead atoms. The van der Waals surface area contributed by atoms with Crippen LogP contribution >= 0.6 is 11.8 Å². The Morgan fingerprint density at radius 2 is 1.90 bits per heavy atom. The van der Waals surface area contributed by atoms with E-state index in [0.29, 0.717) is 5.75 Å². The third kappa shape index (κ3) is 3.37. The quantitative estimate of drug-likeness (QED) is 0.907. The van der Waals surface area contributed by atoms with Crippen molar-refractivity contribution in [2.24, 2.45) is 0 Å². The summed E-state index contributed by atoms with van der Waals surface area (Å²) in [6.07, 6.45) is 0. The number of rotatable bonds is 4. The number of thioether (sulfide) groups is 1. The summed E-state index contributed by atoms with van der Waals surface area (Å²) in [5.74, 6) is 1.30. The molecule has 0 amide bonds. The molecule has 3 rings (SSSR count). The number of nitrogens with one attached hydrogen (secondary N) is 1. The minimum atomic E-state index is -0.804. The molecule has 1 fully saturated rings. The highest BCUT2D eigenvalue weighted by Gasteiger charge is 2.30. The van der Waals surface area contributed by atoms with Crippen molar-refractivity contribution < 1.29 is 14.6 Å². The molecule has 1 unspecified atom stereocenters. The zero-order valence-corrected chi connectivity index (χ0v) is 12.0. The Balaban J connectivity index is 1.73. The maximum absolute atomic E-state index is 11.0. The molecular weight excluding hydrogens is 286 g/mol. The third-order valence-electron chi connectivity index (χ3n) is 3.22. The summed E-state index contributed by atoms with van der Waals surface area (Å²) in [4.78, 5) is 11.0. The maximum Gasteiger partial charge on any atom is 0.321 e. The minimum Gasteiger partial charge on any atom is -0.480 e. The Morgan fingerprint density at radius 1 is 1.14 bits per heavy atom. The van der Waals surface area contributed by atoms with E-state index in [9.17, 15) is 4.79 Å². The highest BCUT2D eigenvalue weighted by atomic mass is 32.2. The van der Waals surface area contributed by atoms with Gasteiger partial charge in [-0.15, -0.1) is 11.8 Å². The first-order valence-corrected chi connectivity index (χ1v) is 7.70. The maximum atomic E-state index is 11.0. The van der Waals surface area contributed by atoms with Crippen LogP contribution in [0.4, 0.5) is 0 Å². The van der Waals surface area contributed by atoms with Crippen molar-refractivity contribution in [2.75, 3.05) is 5.75 Å². The van der Waals surface area contributed by atoms with Gasteiger partial charge in [-0.2, -0.15) is 0 Å². The van der Waals surface area contributed by atoms with Crippen LogP contribution in [0, 0.1) is 0 Å². The Hall–Kier alpha value is -1.98. The number of benzene rings is 2. The molecule has 4 nitrogen and oxygen atoms in total. The van der Waals surface area contributed by atoms with Crippen LogP contribution < -0.4 is 10.1 Å². The highest BCUT2D eigenvalue weighted by Crippen LogP contribution is 2.34. The van der Waals surface area contributed by atoms with Gasteiger partial charge in [0.1, 0.15) is 17.5 Å². The molecule has 21 heavy (non-hydrogen) atoms. The van der Waals surface area contributed by atoms with Crippen molar-refractivity contribution in [3.05, 3.63) is 60.2 Å². The molecule has 2 aromatic carbocycles. The second-order valence-electron chi connectivity index (χ2n) is 4.76. The molecule has 2 N–H and O–H groups in total. The van der Waals surface area contributed by atoms with Crippen molar-refractivity contribution in [1.82, 2.24) is 5.32 Å². The number of hydrogen-bond acceptors (Lipinski definition) is 4. The number of ether oxygens (including phenoxy) is 1. The van der Waals surface area contributed by atoms with Gasteiger partial charge in [0.05, 0.1) is 5.37 Å². The predicted molar refractivity (Wildman–Crippen MR) is 82.7 cm³/mol. The summed E-state index contributed by atoms with van der Waals surface area (Å²) in [6, 6.07) is 16.8. The van der Waals surface area contributed by atoms with Crippen LogP contribution in [0.2, 0.25) is 0 Å². The van der Waals surface area contributed by atoms with Gasteiger partial charge in [-0.3, -0.25) is 10.1 Å². The predicted octanol–water partition coefficient (Wildman–Crippen LogP) is 3.27. The van der Waals surface area contributed by atoms with Gasteiger partial charge in [-0.25, -0.2) is 0 Å². The lowest BCUT2D eigenvalue weighted by Crippen LogP contribution is -2.33. The van der Waals surface area contributed by atoms with Crippen molar-refractivity contribution in [3.63, 3.8) is 0 Å². The Bertz CT molecular complexity index is 632. The van der Waals surface area contributed by atoms with Crippen LogP contribution in [0.5, 0.6) is 11.5 Å². The standard InChI is InChI=1S/C16H15NO3S/c18-16(19)14-10-21-15(17-14)11-5-4-8-13(9-11)20-12-6-2-1-3-7-12/h1-9,14-15,17H,10H2,(H,18,19)/t14-,15?/m0/s1. The lowest BCUT2D eigenvalue weighted by molar-refractivity contribution is -0.138. The molecule has 0 aliphatic carbocycles. The molecule has 1 aliphatic rings. The molecule has 1 saturated heterocycles. The summed E-state index contributed by atoms with van der Waals surface area (Å²) in [6.45, 7) is 0. The molecule has 0 radical (unpaired) electrons. The van der Waals surface area contributed by atoms with Crippen LogP contribution in [0.15, 0.2) is 54.6 Å². The molecule has 1 aliphatic heterocycles. The van der Waals surface area contributed by atoms with Gasteiger partial charge in [-0.05, 0) is 29.8 Å². The first-order valence-electron chi connectivity index (χ1n) is 6.66. The topological polar surface area (TPSA) is 58.6 Å². The van der Waals surface area contributed by atoms with E-state index in [0.717, 1.165) is 17.1 Å². The monoisotopic (exact) mass is 301 g/mol. The van der Waals surface area contributed by atoms with Gasteiger partial charge in [0.25, 0.3) is 0 Å².